The Morgan fingerprint density at radius 2 is 2.22 bits per heavy atom. The minimum Gasteiger partial charge on any atom is -0.505 e. The third kappa shape index (κ3) is 1.46. The van der Waals surface area contributed by atoms with E-state index < -0.39 is 17.2 Å². The molecule has 5 nitrogen and oxygen atoms in total. The molecule has 6 heteroatoms. The van der Waals surface area contributed by atoms with Crippen LogP contribution in [0.15, 0.2) is 46.1 Å². The average molecular weight is 246 g/mol. The summed E-state index contributed by atoms with van der Waals surface area (Å²) >= 11 is 0. The van der Waals surface area contributed by atoms with Crippen LogP contribution in [0.2, 0.25) is 0 Å². The third-order valence-corrected chi connectivity index (χ3v) is 2.59. The predicted octanol–water partition coefficient (Wildman–Crippen LogP) is 1.82. The van der Waals surface area contributed by atoms with Crippen LogP contribution in [0, 0.1) is 5.82 Å². The number of imidazole rings is 1. The molecule has 0 fully saturated rings. The van der Waals surface area contributed by atoms with E-state index in [4.69, 9.17) is 4.42 Å². The molecule has 3 aromatic rings. The van der Waals surface area contributed by atoms with E-state index in [1.165, 1.54) is 35.3 Å². The van der Waals surface area contributed by atoms with Gasteiger partial charge in [0.25, 0.3) is 0 Å². The van der Waals surface area contributed by atoms with E-state index in [0.29, 0.717) is 5.39 Å². The molecule has 0 saturated carbocycles. The Hall–Kier alpha value is -2.63. The number of benzene rings is 1. The highest BCUT2D eigenvalue weighted by atomic mass is 19.1. The summed E-state index contributed by atoms with van der Waals surface area (Å²) in [7, 11) is 0. The topological polar surface area (TPSA) is 68.3 Å². The van der Waals surface area contributed by atoms with E-state index in [1.54, 1.807) is 6.20 Å². The molecule has 0 bridgehead atoms. The molecule has 18 heavy (non-hydrogen) atoms. The van der Waals surface area contributed by atoms with Crippen molar-refractivity contribution in [1.82, 2.24) is 9.55 Å². The summed E-state index contributed by atoms with van der Waals surface area (Å²) in [6.07, 6.45) is 4.53. The highest BCUT2D eigenvalue weighted by Crippen LogP contribution is 2.25. The van der Waals surface area contributed by atoms with Gasteiger partial charge in [0.2, 0.25) is 5.82 Å². The maximum Gasteiger partial charge on any atom is 0.360 e. The average Bonchev–Trinajstić information content (AvgIpc) is 2.88. The van der Waals surface area contributed by atoms with Crippen molar-refractivity contribution in [2.24, 2.45) is 0 Å². The monoisotopic (exact) mass is 246 g/mol. The van der Waals surface area contributed by atoms with E-state index in [1.807, 2.05) is 0 Å². The summed E-state index contributed by atoms with van der Waals surface area (Å²) in [5, 5.41) is 9.59. The van der Waals surface area contributed by atoms with Gasteiger partial charge in [-0.3, -0.25) is 4.57 Å². The van der Waals surface area contributed by atoms with Crippen molar-refractivity contribution in [3.05, 3.63) is 53.2 Å². The smallest absolute Gasteiger partial charge is 0.360 e. The third-order valence-electron chi connectivity index (χ3n) is 2.59. The molecule has 1 N–H and O–H groups in total. The van der Waals surface area contributed by atoms with Crippen molar-refractivity contribution in [2.75, 3.05) is 0 Å². The first-order chi connectivity index (χ1) is 8.66. The molecule has 1 aromatic carbocycles. The molecule has 3 rings (SSSR count). The molecule has 0 amide bonds. The fraction of sp³-hybridized carbons (Fsp3) is 0. The minimum absolute atomic E-state index is 0.227. The van der Waals surface area contributed by atoms with Crippen LogP contribution in [0.5, 0.6) is 5.75 Å². The summed E-state index contributed by atoms with van der Waals surface area (Å²) < 4.78 is 19.9. The number of nitrogens with zero attached hydrogens (tertiary/aromatic N) is 2. The zero-order chi connectivity index (χ0) is 12.7. The van der Waals surface area contributed by atoms with Gasteiger partial charge >= 0.3 is 5.63 Å². The van der Waals surface area contributed by atoms with Crippen LogP contribution in [0.25, 0.3) is 16.7 Å². The van der Waals surface area contributed by atoms with E-state index >= 15 is 0 Å². The number of hydrogen-bond acceptors (Lipinski definition) is 4. The fourth-order valence-corrected chi connectivity index (χ4v) is 1.71. The van der Waals surface area contributed by atoms with Gasteiger partial charge in [-0.05, 0) is 18.2 Å². The summed E-state index contributed by atoms with van der Waals surface area (Å²) in [5.74, 6) is -1.50. The van der Waals surface area contributed by atoms with Crippen molar-refractivity contribution < 1.29 is 13.9 Å². The van der Waals surface area contributed by atoms with E-state index in [9.17, 15) is 14.3 Å². The van der Waals surface area contributed by atoms with Gasteiger partial charge in [-0.25, -0.2) is 9.78 Å². The predicted molar refractivity (Wildman–Crippen MR) is 61.2 cm³/mol. The van der Waals surface area contributed by atoms with E-state index in [0.717, 1.165) is 0 Å². The molecule has 2 heterocycles. The SMILES string of the molecule is O=c1oc2c(F)c(O)ccc2cc1-n1ccnc1. The minimum atomic E-state index is -0.943. The molecule has 0 saturated heterocycles. The maximum atomic E-state index is 13.6. The summed E-state index contributed by atoms with van der Waals surface area (Å²) in [5.41, 5.74) is -0.737. The summed E-state index contributed by atoms with van der Waals surface area (Å²) in [6, 6.07) is 4.15. The van der Waals surface area contributed by atoms with Crippen molar-refractivity contribution in [2.45, 2.75) is 0 Å². The van der Waals surface area contributed by atoms with Gasteiger partial charge in [0.05, 0.1) is 6.33 Å². The Kier molecular flexibility index (Phi) is 2.16. The number of rotatable bonds is 1. The molecule has 0 unspecified atom stereocenters. The van der Waals surface area contributed by atoms with E-state index in [-0.39, 0.29) is 11.3 Å². The van der Waals surface area contributed by atoms with Crippen molar-refractivity contribution in [3.63, 3.8) is 0 Å². The molecule has 90 valence electrons. The number of aromatic nitrogens is 2. The van der Waals surface area contributed by atoms with Gasteiger partial charge in [-0.2, -0.15) is 4.39 Å². The van der Waals surface area contributed by atoms with Crippen LogP contribution in [-0.2, 0) is 0 Å². The van der Waals surface area contributed by atoms with Crippen LogP contribution in [0.1, 0.15) is 0 Å². The number of phenols is 1. The second-order valence-corrected chi connectivity index (χ2v) is 3.71. The summed E-state index contributed by atoms with van der Waals surface area (Å²) in [4.78, 5) is 15.6. The number of phenolic OH excluding ortho intramolecular Hbond substituents is 1. The first-order valence-corrected chi connectivity index (χ1v) is 5.10. The van der Waals surface area contributed by atoms with Crippen LogP contribution in [-0.4, -0.2) is 14.7 Å². The van der Waals surface area contributed by atoms with Gasteiger partial charge in [-0.15, -0.1) is 0 Å². The van der Waals surface area contributed by atoms with Crippen LogP contribution in [0.3, 0.4) is 0 Å². The lowest BCUT2D eigenvalue weighted by atomic mass is 10.2. The molecule has 0 spiro atoms. The molecule has 0 aliphatic heterocycles. The van der Waals surface area contributed by atoms with Gasteiger partial charge in [0, 0.05) is 17.8 Å². The molecule has 0 aliphatic rings. The maximum absolute atomic E-state index is 13.6. The lowest BCUT2D eigenvalue weighted by molar-refractivity contribution is 0.425. The quantitative estimate of drug-likeness (QED) is 0.665. The van der Waals surface area contributed by atoms with Crippen LogP contribution < -0.4 is 5.63 Å². The largest absolute Gasteiger partial charge is 0.505 e. The number of halogens is 1. The van der Waals surface area contributed by atoms with Gasteiger partial charge < -0.3 is 9.52 Å². The first-order valence-electron chi connectivity index (χ1n) is 5.10. The van der Waals surface area contributed by atoms with Gasteiger partial charge in [0.1, 0.15) is 5.69 Å². The lowest BCUT2D eigenvalue weighted by Gasteiger charge is -2.04. The summed E-state index contributed by atoms with van der Waals surface area (Å²) in [6.45, 7) is 0. The molecular formula is C12H7FN2O3. The Balaban J connectivity index is 2.36. The van der Waals surface area contributed by atoms with Crippen LogP contribution >= 0.6 is 0 Å². The highest BCUT2D eigenvalue weighted by molar-refractivity contribution is 5.80. The van der Waals surface area contributed by atoms with E-state index in [2.05, 4.69) is 4.98 Å². The first kappa shape index (κ1) is 10.5. The Bertz CT molecular complexity index is 778. The zero-order valence-electron chi connectivity index (χ0n) is 9.00. The number of aromatic hydroxyl groups is 1. The van der Waals surface area contributed by atoms with Crippen molar-refractivity contribution in [1.29, 1.82) is 0 Å². The molecule has 0 atom stereocenters. The molecular weight excluding hydrogens is 239 g/mol. The van der Waals surface area contributed by atoms with Gasteiger partial charge in [0.15, 0.2) is 11.3 Å². The zero-order valence-corrected chi connectivity index (χ0v) is 9.00. The second kappa shape index (κ2) is 3.69. The van der Waals surface area contributed by atoms with Gasteiger partial charge in [-0.1, -0.05) is 0 Å². The second-order valence-electron chi connectivity index (χ2n) is 3.71. The lowest BCUT2D eigenvalue weighted by Crippen LogP contribution is -2.09. The molecule has 0 aliphatic carbocycles. The highest BCUT2D eigenvalue weighted by Gasteiger charge is 2.12. The van der Waals surface area contributed by atoms with Crippen molar-refractivity contribution >= 4 is 11.0 Å². The Morgan fingerprint density at radius 3 is 2.94 bits per heavy atom. The normalized spacial score (nSPS) is 10.9. The standard InChI is InChI=1S/C12H7FN2O3/c13-10-9(16)2-1-7-5-8(12(17)18-11(7)10)15-4-3-14-6-15/h1-6,16H. The Morgan fingerprint density at radius 1 is 1.39 bits per heavy atom. The number of hydrogen-bond donors (Lipinski definition) is 1. The van der Waals surface area contributed by atoms with Crippen LogP contribution in [0.4, 0.5) is 4.39 Å². The Labute approximate surface area is 99.7 Å². The fourth-order valence-electron chi connectivity index (χ4n) is 1.71. The molecule has 2 aromatic heterocycles. The molecule has 0 radical (unpaired) electrons. The number of fused-ring (bicyclic) bond motifs is 1. The van der Waals surface area contributed by atoms with Crippen molar-refractivity contribution in [3.8, 4) is 11.4 Å².